The number of amides is 4. The van der Waals surface area contributed by atoms with Crippen LogP contribution in [0.5, 0.6) is 0 Å². The van der Waals surface area contributed by atoms with Crippen molar-refractivity contribution in [3.05, 3.63) is 35.4 Å². The quantitative estimate of drug-likeness (QED) is 0.596. The number of hydrogen-bond acceptors (Lipinski definition) is 7. The summed E-state index contributed by atoms with van der Waals surface area (Å²) in [5.74, 6) is -3.89. The Balaban J connectivity index is 2.12. The molecule has 0 fully saturated rings. The summed E-state index contributed by atoms with van der Waals surface area (Å²) < 4.78 is 5.21. The number of nitrogens with zero attached hydrogens (tertiary/aromatic N) is 1. The zero-order chi connectivity index (χ0) is 25.1. The molecule has 10 nitrogen and oxygen atoms in total. The van der Waals surface area contributed by atoms with E-state index in [4.69, 9.17) is 9.57 Å². The van der Waals surface area contributed by atoms with E-state index in [1.165, 1.54) is 12.1 Å². The van der Waals surface area contributed by atoms with Gasteiger partial charge in [-0.3, -0.25) is 14.4 Å². The van der Waals surface area contributed by atoms with E-state index in [0.717, 1.165) is 0 Å². The Morgan fingerprint density at radius 3 is 1.76 bits per heavy atom. The Kier molecular flexibility index (Phi) is 7.84. The van der Waals surface area contributed by atoms with E-state index in [1.54, 1.807) is 60.6 Å². The third kappa shape index (κ3) is 6.30. The predicted molar refractivity (Wildman–Crippen MR) is 118 cm³/mol. The summed E-state index contributed by atoms with van der Waals surface area (Å²) >= 11 is 0. The van der Waals surface area contributed by atoms with Gasteiger partial charge in [-0.05, 0) is 44.7 Å². The lowest BCUT2D eigenvalue weighted by molar-refractivity contribution is -0.173. The molecule has 2 atom stereocenters. The smallest absolute Gasteiger partial charge is 0.408 e. The number of alkyl carbamates (subject to hydrolysis) is 1. The molecule has 0 saturated carbocycles. The van der Waals surface area contributed by atoms with Gasteiger partial charge in [-0.2, -0.15) is 0 Å². The lowest BCUT2D eigenvalue weighted by Gasteiger charge is -2.28. The second-order valence-electron chi connectivity index (χ2n) is 9.46. The molecular formula is C23H31N3O7. The summed E-state index contributed by atoms with van der Waals surface area (Å²) in [4.78, 5) is 67.9. The van der Waals surface area contributed by atoms with Crippen LogP contribution in [0.4, 0.5) is 4.79 Å². The number of hydroxylamine groups is 2. The molecule has 0 radical (unpaired) electrons. The molecule has 0 unspecified atom stereocenters. The molecule has 2 N–H and O–H groups in total. The van der Waals surface area contributed by atoms with Crippen molar-refractivity contribution in [1.29, 1.82) is 0 Å². The molecule has 0 spiro atoms. The molecule has 1 aliphatic rings. The third-order valence-corrected chi connectivity index (χ3v) is 4.78. The van der Waals surface area contributed by atoms with Gasteiger partial charge in [-0.25, -0.2) is 9.59 Å². The van der Waals surface area contributed by atoms with Crippen LogP contribution in [0.3, 0.4) is 0 Å². The molecule has 0 aliphatic carbocycles. The van der Waals surface area contributed by atoms with E-state index in [9.17, 15) is 24.0 Å². The second-order valence-corrected chi connectivity index (χ2v) is 9.46. The summed E-state index contributed by atoms with van der Waals surface area (Å²) in [5.41, 5.74) is -0.498. The highest BCUT2D eigenvalue weighted by molar-refractivity contribution is 6.21. The minimum Gasteiger partial charge on any atom is -0.444 e. The van der Waals surface area contributed by atoms with Gasteiger partial charge in [0.1, 0.15) is 17.7 Å². The van der Waals surface area contributed by atoms with Crippen LogP contribution in [0.2, 0.25) is 0 Å². The first-order valence-corrected chi connectivity index (χ1v) is 10.7. The minimum atomic E-state index is -1.18. The molecule has 4 amide bonds. The van der Waals surface area contributed by atoms with Crippen LogP contribution >= 0.6 is 0 Å². The van der Waals surface area contributed by atoms with Crippen LogP contribution in [0, 0.1) is 11.8 Å². The van der Waals surface area contributed by atoms with Gasteiger partial charge in [0, 0.05) is 0 Å². The van der Waals surface area contributed by atoms with Gasteiger partial charge in [-0.15, -0.1) is 0 Å². The summed E-state index contributed by atoms with van der Waals surface area (Å²) in [6.07, 6.45) is -0.772. The maximum Gasteiger partial charge on any atom is 0.408 e. The number of benzene rings is 1. The Morgan fingerprint density at radius 1 is 0.848 bits per heavy atom. The van der Waals surface area contributed by atoms with Gasteiger partial charge in [-0.1, -0.05) is 44.9 Å². The molecule has 1 aromatic carbocycles. The van der Waals surface area contributed by atoms with Crippen molar-refractivity contribution in [1.82, 2.24) is 15.7 Å². The average molecular weight is 462 g/mol. The van der Waals surface area contributed by atoms with Crippen LogP contribution in [-0.2, 0) is 19.2 Å². The molecular weight excluding hydrogens is 430 g/mol. The van der Waals surface area contributed by atoms with Crippen molar-refractivity contribution >= 4 is 29.8 Å². The molecule has 0 bridgehead atoms. The molecule has 1 aliphatic heterocycles. The standard InChI is InChI=1S/C23H31N3O7/c1-12(2)16(25-22(31)32-23(5,6)7)18(27)24-17(13(3)4)21(30)33-26-19(28)14-10-8-9-11-15(14)20(26)29/h8-13,16-17H,1-7H3,(H,24,27)(H,25,31)/t16-,17+/m0/s1. The fourth-order valence-corrected chi connectivity index (χ4v) is 3.11. The van der Waals surface area contributed by atoms with Crippen molar-refractivity contribution < 1.29 is 33.5 Å². The first-order chi connectivity index (χ1) is 15.2. The first kappa shape index (κ1) is 25.8. The van der Waals surface area contributed by atoms with Gasteiger partial charge in [0.2, 0.25) is 5.91 Å². The number of hydrogen-bond donors (Lipinski definition) is 2. The van der Waals surface area contributed by atoms with Crippen molar-refractivity contribution in [3.63, 3.8) is 0 Å². The van der Waals surface area contributed by atoms with Crippen LogP contribution in [0.15, 0.2) is 24.3 Å². The van der Waals surface area contributed by atoms with Crippen LogP contribution in [0.1, 0.15) is 69.2 Å². The highest BCUT2D eigenvalue weighted by Gasteiger charge is 2.41. The number of imide groups is 1. The number of fused-ring (bicyclic) bond motifs is 1. The van der Waals surface area contributed by atoms with Gasteiger partial charge in [0.15, 0.2) is 0 Å². The van der Waals surface area contributed by atoms with Crippen LogP contribution in [0.25, 0.3) is 0 Å². The number of nitrogens with one attached hydrogen (secondary N) is 2. The molecule has 1 aromatic rings. The van der Waals surface area contributed by atoms with E-state index in [1.807, 2.05) is 0 Å². The van der Waals surface area contributed by atoms with Gasteiger partial charge < -0.3 is 20.2 Å². The van der Waals surface area contributed by atoms with E-state index in [0.29, 0.717) is 5.06 Å². The van der Waals surface area contributed by atoms with Crippen LogP contribution in [-0.4, -0.2) is 52.5 Å². The summed E-state index contributed by atoms with van der Waals surface area (Å²) in [7, 11) is 0. The Morgan fingerprint density at radius 2 is 1.33 bits per heavy atom. The van der Waals surface area contributed by atoms with Crippen molar-refractivity contribution in [3.8, 4) is 0 Å². The molecule has 10 heteroatoms. The Bertz CT molecular complexity index is 915. The molecule has 33 heavy (non-hydrogen) atoms. The zero-order valence-corrected chi connectivity index (χ0v) is 19.9. The SMILES string of the molecule is CC(C)[C@H](NC(=O)OC(C)(C)C)C(=O)N[C@@H](C(=O)ON1C(=O)c2ccccc2C1=O)C(C)C. The Labute approximate surface area is 192 Å². The topological polar surface area (TPSA) is 131 Å². The fourth-order valence-electron chi connectivity index (χ4n) is 3.11. The number of carbonyl (C=O) groups excluding carboxylic acids is 5. The highest BCUT2D eigenvalue weighted by atomic mass is 16.7. The summed E-state index contributed by atoms with van der Waals surface area (Å²) in [6.45, 7) is 11.9. The lowest BCUT2D eigenvalue weighted by atomic mass is 10.0. The maximum atomic E-state index is 12.9. The lowest BCUT2D eigenvalue weighted by Crippen LogP contribution is -2.56. The number of carbonyl (C=O) groups is 5. The van der Waals surface area contributed by atoms with Gasteiger partial charge in [0.05, 0.1) is 11.1 Å². The minimum absolute atomic E-state index is 0.127. The van der Waals surface area contributed by atoms with Crippen molar-refractivity contribution in [2.75, 3.05) is 0 Å². The third-order valence-electron chi connectivity index (χ3n) is 4.78. The Hall–Kier alpha value is -3.43. The average Bonchev–Trinajstić information content (AvgIpc) is 2.93. The molecule has 180 valence electrons. The molecule has 2 rings (SSSR count). The monoisotopic (exact) mass is 461 g/mol. The predicted octanol–water partition coefficient (Wildman–Crippen LogP) is 2.43. The molecule has 0 saturated heterocycles. The van der Waals surface area contributed by atoms with E-state index >= 15 is 0 Å². The summed E-state index contributed by atoms with van der Waals surface area (Å²) in [5, 5.41) is 5.47. The van der Waals surface area contributed by atoms with E-state index in [-0.39, 0.29) is 17.0 Å². The normalized spacial score (nSPS) is 15.2. The van der Waals surface area contributed by atoms with Gasteiger partial charge in [0.25, 0.3) is 11.8 Å². The molecule has 1 heterocycles. The van der Waals surface area contributed by atoms with Crippen molar-refractivity contribution in [2.24, 2.45) is 11.8 Å². The maximum absolute atomic E-state index is 12.9. The zero-order valence-electron chi connectivity index (χ0n) is 19.9. The largest absolute Gasteiger partial charge is 0.444 e. The molecule has 0 aromatic heterocycles. The van der Waals surface area contributed by atoms with Crippen molar-refractivity contribution in [2.45, 2.75) is 66.2 Å². The van der Waals surface area contributed by atoms with E-state index < -0.39 is 53.4 Å². The summed E-state index contributed by atoms with van der Waals surface area (Å²) in [6, 6.07) is 3.94. The van der Waals surface area contributed by atoms with Crippen LogP contribution < -0.4 is 10.6 Å². The number of rotatable bonds is 7. The first-order valence-electron chi connectivity index (χ1n) is 10.7. The fraction of sp³-hybridized carbons (Fsp3) is 0.522. The second kappa shape index (κ2) is 10.0. The van der Waals surface area contributed by atoms with E-state index in [2.05, 4.69) is 10.6 Å². The highest BCUT2D eigenvalue weighted by Crippen LogP contribution is 2.23. The number of ether oxygens (including phenoxy) is 1. The van der Waals surface area contributed by atoms with Gasteiger partial charge >= 0.3 is 12.1 Å².